The van der Waals surface area contributed by atoms with E-state index < -0.39 is 22.2 Å². The molecule has 1 aromatic carbocycles. The molecule has 0 bridgehead atoms. The molecule has 1 fully saturated rings. The van der Waals surface area contributed by atoms with Crippen molar-refractivity contribution in [2.24, 2.45) is 0 Å². The fraction of sp³-hybridized carbons (Fsp3) is 0.353. The Kier molecular flexibility index (Phi) is 5.03. The summed E-state index contributed by atoms with van der Waals surface area (Å²) >= 11 is 0. The molecule has 0 saturated carbocycles. The van der Waals surface area contributed by atoms with E-state index in [-0.39, 0.29) is 5.56 Å². The predicted octanol–water partition coefficient (Wildman–Crippen LogP) is 1.79. The first-order valence-electron chi connectivity index (χ1n) is 8.16. The predicted molar refractivity (Wildman–Crippen MR) is 95.7 cm³/mol. The molecule has 0 unspecified atom stereocenters. The third kappa shape index (κ3) is 3.33. The van der Waals surface area contributed by atoms with Crippen molar-refractivity contribution in [1.82, 2.24) is 18.6 Å². The van der Waals surface area contributed by atoms with Gasteiger partial charge in [-0.25, -0.2) is 9.78 Å². The average Bonchev–Trinajstić information content (AvgIpc) is 3.12. The third-order valence-electron chi connectivity index (χ3n) is 4.39. The number of benzene rings is 1. The maximum atomic E-state index is 12.5. The van der Waals surface area contributed by atoms with Crippen LogP contribution in [0.1, 0.15) is 34.9 Å². The van der Waals surface area contributed by atoms with Crippen molar-refractivity contribution in [1.29, 1.82) is 0 Å². The zero-order valence-corrected chi connectivity index (χ0v) is 15.3. The lowest BCUT2D eigenvalue weighted by Crippen LogP contribution is -2.39. The highest BCUT2D eigenvalue weighted by Gasteiger charge is 2.37. The Morgan fingerprint density at radius 3 is 2.69 bits per heavy atom. The van der Waals surface area contributed by atoms with Gasteiger partial charge in [0.15, 0.2) is 0 Å². The zero-order chi connectivity index (χ0) is 18.9. The van der Waals surface area contributed by atoms with Gasteiger partial charge in [-0.3, -0.25) is 4.98 Å². The van der Waals surface area contributed by atoms with Crippen molar-refractivity contribution in [2.45, 2.75) is 18.9 Å². The Morgan fingerprint density at radius 1 is 1.27 bits per heavy atom. The smallest absolute Gasteiger partial charge is 0.336 e. The minimum Gasteiger partial charge on any atom is -0.478 e. The summed E-state index contributed by atoms with van der Waals surface area (Å²) in [4.78, 5) is 20.2. The van der Waals surface area contributed by atoms with Gasteiger partial charge in [0.1, 0.15) is 0 Å². The fourth-order valence-corrected chi connectivity index (χ4v) is 4.40. The van der Waals surface area contributed by atoms with E-state index in [0.29, 0.717) is 29.9 Å². The normalized spacial score (nSPS) is 18.3. The topological polar surface area (TPSA) is 104 Å². The van der Waals surface area contributed by atoms with Crippen LogP contribution in [-0.2, 0) is 10.2 Å². The van der Waals surface area contributed by atoms with Crippen LogP contribution in [-0.4, -0.2) is 58.7 Å². The number of aromatic carboxylic acids is 1. The molecule has 3 rings (SSSR count). The van der Waals surface area contributed by atoms with Gasteiger partial charge in [0, 0.05) is 26.2 Å². The summed E-state index contributed by atoms with van der Waals surface area (Å²) in [5, 5.41) is 9.38. The van der Waals surface area contributed by atoms with Gasteiger partial charge >= 0.3 is 5.97 Å². The second kappa shape index (κ2) is 7.10. The minimum absolute atomic E-state index is 0.128. The van der Waals surface area contributed by atoms with E-state index in [0.717, 1.165) is 6.42 Å². The number of nitrogens with zero attached hydrogens (tertiary/aromatic N) is 4. The quantitative estimate of drug-likeness (QED) is 0.853. The standard InChI is InChI=1S/C17H20N4O4S/c1-20(2)26(24,25)21-9-5-8-16(21)15-11-18-10-14(19-15)12-6-3-4-7-13(12)17(22)23/h3-4,6-7,10-11,16H,5,8-9H2,1-2H3,(H,22,23)/t16-/m0/s1. The Hall–Kier alpha value is -2.36. The molecule has 8 nitrogen and oxygen atoms in total. The molecule has 1 N–H and O–H groups in total. The van der Waals surface area contributed by atoms with Crippen molar-refractivity contribution in [3.05, 3.63) is 47.9 Å². The van der Waals surface area contributed by atoms with Crippen LogP contribution in [0.15, 0.2) is 36.7 Å². The number of carboxylic acids is 1. The summed E-state index contributed by atoms with van der Waals surface area (Å²) in [7, 11) is -0.576. The molecule has 138 valence electrons. The Labute approximate surface area is 152 Å². The molecule has 0 radical (unpaired) electrons. The summed E-state index contributed by atoms with van der Waals surface area (Å²) in [5.74, 6) is -1.05. The van der Waals surface area contributed by atoms with E-state index in [2.05, 4.69) is 9.97 Å². The minimum atomic E-state index is -3.57. The average molecular weight is 376 g/mol. The number of carbonyl (C=O) groups is 1. The van der Waals surface area contributed by atoms with E-state index >= 15 is 0 Å². The number of hydrogen-bond acceptors (Lipinski definition) is 5. The molecular formula is C17H20N4O4S. The monoisotopic (exact) mass is 376 g/mol. The van der Waals surface area contributed by atoms with Gasteiger partial charge in [0.2, 0.25) is 0 Å². The second-order valence-corrected chi connectivity index (χ2v) is 8.33. The van der Waals surface area contributed by atoms with E-state index in [9.17, 15) is 18.3 Å². The highest BCUT2D eigenvalue weighted by Crippen LogP contribution is 2.34. The van der Waals surface area contributed by atoms with Crippen LogP contribution in [0, 0.1) is 0 Å². The Balaban J connectivity index is 2.02. The maximum absolute atomic E-state index is 12.5. The molecule has 2 heterocycles. The summed E-state index contributed by atoms with van der Waals surface area (Å²) in [6.45, 7) is 0.419. The van der Waals surface area contributed by atoms with Crippen molar-refractivity contribution in [3.63, 3.8) is 0 Å². The summed E-state index contributed by atoms with van der Waals surface area (Å²) in [6.07, 6.45) is 4.41. The lowest BCUT2D eigenvalue weighted by Gasteiger charge is -2.26. The molecule has 1 aliphatic heterocycles. The van der Waals surface area contributed by atoms with Crippen LogP contribution in [0.25, 0.3) is 11.3 Å². The number of aromatic nitrogens is 2. The molecule has 0 spiro atoms. The van der Waals surface area contributed by atoms with Crippen LogP contribution in [0.4, 0.5) is 0 Å². The molecular weight excluding hydrogens is 356 g/mol. The highest BCUT2D eigenvalue weighted by atomic mass is 32.2. The number of rotatable bonds is 5. The first-order chi connectivity index (χ1) is 12.3. The molecule has 1 saturated heterocycles. The summed E-state index contributed by atoms with van der Waals surface area (Å²) in [6, 6.07) is 6.14. The Bertz CT molecular complexity index is 930. The molecule has 1 aliphatic rings. The molecule has 0 aliphatic carbocycles. The van der Waals surface area contributed by atoms with Gasteiger partial charge < -0.3 is 5.11 Å². The van der Waals surface area contributed by atoms with Crippen molar-refractivity contribution < 1.29 is 18.3 Å². The zero-order valence-electron chi connectivity index (χ0n) is 14.5. The first kappa shape index (κ1) is 18.4. The van der Waals surface area contributed by atoms with Crippen LogP contribution < -0.4 is 0 Å². The molecule has 1 atom stereocenters. The van der Waals surface area contributed by atoms with Crippen LogP contribution in [0.3, 0.4) is 0 Å². The van der Waals surface area contributed by atoms with Crippen molar-refractivity contribution in [2.75, 3.05) is 20.6 Å². The van der Waals surface area contributed by atoms with Crippen LogP contribution >= 0.6 is 0 Å². The highest BCUT2D eigenvalue weighted by molar-refractivity contribution is 7.86. The van der Waals surface area contributed by atoms with E-state index in [1.807, 2.05) is 0 Å². The summed E-state index contributed by atoms with van der Waals surface area (Å²) in [5.41, 5.74) is 1.51. The van der Waals surface area contributed by atoms with Gasteiger partial charge in [-0.1, -0.05) is 18.2 Å². The molecule has 9 heteroatoms. The van der Waals surface area contributed by atoms with Crippen LogP contribution in [0.5, 0.6) is 0 Å². The van der Waals surface area contributed by atoms with E-state index in [1.165, 1.54) is 35.0 Å². The first-order valence-corrected chi connectivity index (χ1v) is 9.56. The maximum Gasteiger partial charge on any atom is 0.336 e. The fourth-order valence-electron chi connectivity index (χ4n) is 3.09. The Morgan fingerprint density at radius 2 is 2.00 bits per heavy atom. The molecule has 26 heavy (non-hydrogen) atoms. The molecule has 2 aromatic rings. The lowest BCUT2D eigenvalue weighted by atomic mass is 10.0. The van der Waals surface area contributed by atoms with Crippen molar-refractivity contribution in [3.8, 4) is 11.3 Å². The SMILES string of the molecule is CN(C)S(=O)(=O)N1CCC[C@H]1c1cncc(-c2ccccc2C(=O)O)n1. The lowest BCUT2D eigenvalue weighted by molar-refractivity contribution is 0.0697. The molecule has 1 aromatic heterocycles. The number of hydrogen-bond donors (Lipinski definition) is 1. The van der Waals surface area contributed by atoms with Crippen molar-refractivity contribution >= 4 is 16.2 Å². The van der Waals surface area contributed by atoms with Gasteiger partial charge in [-0.2, -0.15) is 17.0 Å². The third-order valence-corrected chi connectivity index (χ3v) is 6.34. The van der Waals surface area contributed by atoms with Gasteiger partial charge in [0.05, 0.1) is 35.4 Å². The largest absolute Gasteiger partial charge is 0.478 e. The second-order valence-electron chi connectivity index (χ2n) is 6.24. The van der Waals surface area contributed by atoms with E-state index in [4.69, 9.17) is 0 Å². The summed E-state index contributed by atoms with van der Waals surface area (Å²) < 4.78 is 27.7. The van der Waals surface area contributed by atoms with Gasteiger partial charge in [0.25, 0.3) is 10.2 Å². The van der Waals surface area contributed by atoms with Gasteiger partial charge in [-0.15, -0.1) is 0 Å². The van der Waals surface area contributed by atoms with E-state index in [1.54, 1.807) is 24.4 Å². The van der Waals surface area contributed by atoms with Gasteiger partial charge in [-0.05, 0) is 18.9 Å². The van der Waals surface area contributed by atoms with Crippen LogP contribution in [0.2, 0.25) is 0 Å². The number of carboxylic acid groups (broad SMARTS) is 1. The molecule has 0 amide bonds.